The van der Waals surface area contributed by atoms with E-state index in [4.69, 9.17) is 4.52 Å². The van der Waals surface area contributed by atoms with E-state index < -0.39 is 0 Å². The van der Waals surface area contributed by atoms with Crippen LogP contribution < -0.4 is 5.32 Å². The number of nitrogens with zero attached hydrogens (tertiary/aromatic N) is 4. The van der Waals surface area contributed by atoms with Crippen LogP contribution in [0.4, 0.5) is 0 Å². The molecule has 0 radical (unpaired) electrons. The molecule has 136 valence electrons. The van der Waals surface area contributed by atoms with Crippen molar-refractivity contribution in [2.24, 2.45) is 16.3 Å². The molecule has 6 heteroatoms. The fourth-order valence-corrected chi connectivity index (χ4v) is 3.49. The van der Waals surface area contributed by atoms with Crippen molar-refractivity contribution >= 4 is 5.96 Å². The van der Waals surface area contributed by atoms with Crippen molar-refractivity contribution in [3.05, 3.63) is 18.0 Å². The van der Waals surface area contributed by atoms with Crippen LogP contribution in [0.2, 0.25) is 0 Å². The van der Waals surface area contributed by atoms with Gasteiger partial charge in [0, 0.05) is 52.4 Å². The Hall–Kier alpha value is -1.56. The van der Waals surface area contributed by atoms with E-state index in [2.05, 4.69) is 53.0 Å². The van der Waals surface area contributed by atoms with Gasteiger partial charge in [-0.25, -0.2) is 0 Å². The van der Waals surface area contributed by atoms with Crippen LogP contribution in [-0.4, -0.2) is 60.7 Å². The first kappa shape index (κ1) is 18.8. The first-order valence-corrected chi connectivity index (χ1v) is 8.97. The maximum Gasteiger partial charge on any atom is 0.193 e. The van der Waals surface area contributed by atoms with Crippen molar-refractivity contribution in [2.75, 3.05) is 39.8 Å². The van der Waals surface area contributed by atoms with E-state index in [0.29, 0.717) is 5.92 Å². The maximum atomic E-state index is 4.91. The van der Waals surface area contributed by atoms with Gasteiger partial charge in [-0.3, -0.25) is 9.89 Å². The summed E-state index contributed by atoms with van der Waals surface area (Å²) in [6.07, 6.45) is 2.85. The average Bonchev–Trinajstić information content (AvgIpc) is 3.01. The molecule has 1 N–H and O–H groups in total. The molecule has 24 heavy (non-hydrogen) atoms. The predicted octanol–water partition coefficient (Wildman–Crippen LogP) is 2.44. The summed E-state index contributed by atoms with van der Waals surface area (Å²) in [4.78, 5) is 9.24. The van der Waals surface area contributed by atoms with Gasteiger partial charge in [0.2, 0.25) is 0 Å². The third kappa shape index (κ3) is 5.82. The van der Waals surface area contributed by atoms with Crippen LogP contribution in [0, 0.1) is 11.3 Å². The summed E-state index contributed by atoms with van der Waals surface area (Å²) >= 11 is 0. The Bertz CT molecular complexity index is 501. The molecule has 6 nitrogen and oxygen atoms in total. The SMILES string of the molecule is CN=C(NCC(C)(C)CC(C)C)N1CCN(Cc2ccon2)CC1. The van der Waals surface area contributed by atoms with Gasteiger partial charge in [-0.2, -0.15) is 0 Å². The molecule has 1 fully saturated rings. The zero-order valence-electron chi connectivity index (χ0n) is 15.9. The molecule has 0 saturated carbocycles. The molecule has 1 saturated heterocycles. The minimum Gasteiger partial charge on any atom is -0.364 e. The van der Waals surface area contributed by atoms with Crippen molar-refractivity contribution in [2.45, 2.75) is 40.7 Å². The largest absolute Gasteiger partial charge is 0.364 e. The normalized spacial score (nSPS) is 17.6. The van der Waals surface area contributed by atoms with Crippen molar-refractivity contribution in [3.63, 3.8) is 0 Å². The van der Waals surface area contributed by atoms with Gasteiger partial charge in [0.15, 0.2) is 5.96 Å². The highest BCUT2D eigenvalue weighted by molar-refractivity contribution is 5.80. The molecule has 2 heterocycles. The van der Waals surface area contributed by atoms with Gasteiger partial charge in [0.05, 0.1) is 5.69 Å². The van der Waals surface area contributed by atoms with E-state index >= 15 is 0 Å². The molecule has 0 atom stereocenters. The lowest BCUT2D eigenvalue weighted by atomic mass is 9.84. The summed E-state index contributed by atoms with van der Waals surface area (Å²) in [6, 6.07) is 1.93. The minimum atomic E-state index is 0.277. The number of hydrogen-bond donors (Lipinski definition) is 1. The van der Waals surface area contributed by atoms with Crippen LogP contribution in [0.3, 0.4) is 0 Å². The fourth-order valence-electron chi connectivity index (χ4n) is 3.49. The lowest BCUT2D eigenvalue weighted by molar-refractivity contribution is 0.167. The van der Waals surface area contributed by atoms with E-state index in [1.807, 2.05) is 13.1 Å². The van der Waals surface area contributed by atoms with Crippen LogP contribution >= 0.6 is 0 Å². The van der Waals surface area contributed by atoms with Crippen LogP contribution in [0.1, 0.15) is 39.8 Å². The van der Waals surface area contributed by atoms with Gasteiger partial charge in [-0.05, 0) is 17.8 Å². The summed E-state index contributed by atoms with van der Waals surface area (Å²) in [5.41, 5.74) is 1.28. The van der Waals surface area contributed by atoms with Crippen LogP contribution in [0.15, 0.2) is 21.8 Å². The summed E-state index contributed by atoms with van der Waals surface area (Å²) in [6.45, 7) is 15.0. The summed E-state index contributed by atoms with van der Waals surface area (Å²) in [5.74, 6) is 1.73. The van der Waals surface area contributed by atoms with Crippen LogP contribution in [0.25, 0.3) is 0 Å². The van der Waals surface area contributed by atoms with Gasteiger partial charge in [0.1, 0.15) is 6.26 Å². The first-order valence-electron chi connectivity index (χ1n) is 8.97. The number of rotatable bonds is 6. The monoisotopic (exact) mass is 335 g/mol. The summed E-state index contributed by atoms with van der Waals surface area (Å²) in [5, 5.41) is 7.57. The molecule has 1 aliphatic rings. The molecule has 1 aromatic heterocycles. The van der Waals surface area contributed by atoms with Gasteiger partial charge in [-0.1, -0.05) is 32.9 Å². The highest BCUT2D eigenvalue weighted by atomic mass is 16.5. The molecule has 1 aromatic rings. The van der Waals surface area contributed by atoms with Crippen molar-refractivity contribution < 1.29 is 4.52 Å². The second kappa shape index (κ2) is 8.51. The quantitative estimate of drug-likeness (QED) is 0.639. The molecule has 2 rings (SSSR count). The lowest BCUT2D eigenvalue weighted by Crippen LogP contribution is -2.53. The first-order chi connectivity index (χ1) is 11.4. The molecule has 0 unspecified atom stereocenters. The zero-order valence-corrected chi connectivity index (χ0v) is 15.9. The molecule has 0 aromatic carbocycles. The topological polar surface area (TPSA) is 56.9 Å². The Morgan fingerprint density at radius 2 is 2.04 bits per heavy atom. The molecule has 0 spiro atoms. The average molecular weight is 335 g/mol. The minimum absolute atomic E-state index is 0.277. The van der Waals surface area contributed by atoms with Crippen LogP contribution in [-0.2, 0) is 6.54 Å². The highest BCUT2D eigenvalue weighted by Crippen LogP contribution is 2.24. The number of aliphatic imine (C=N–C) groups is 1. The number of guanidine groups is 1. The Morgan fingerprint density at radius 1 is 1.33 bits per heavy atom. The predicted molar refractivity (Wildman–Crippen MR) is 98.0 cm³/mol. The van der Waals surface area contributed by atoms with Gasteiger partial charge < -0.3 is 14.7 Å². The van der Waals surface area contributed by atoms with E-state index in [1.54, 1.807) is 6.26 Å². The van der Waals surface area contributed by atoms with Crippen molar-refractivity contribution in [1.29, 1.82) is 0 Å². The standard InChI is InChI=1S/C18H33N5O/c1-15(2)12-18(3,4)14-20-17(19-5)23-9-7-22(8-10-23)13-16-6-11-24-21-16/h6,11,15H,7-10,12-14H2,1-5H3,(H,19,20). The van der Waals surface area contributed by atoms with E-state index in [1.165, 1.54) is 6.42 Å². The van der Waals surface area contributed by atoms with Crippen molar-refractivity contribution in [3.8, 4) is 0 Å². The number of aromatic nitrogens is 1. The number of nitrogens with one attached hydrogen (secondary N) is 1. The smallest absolute Gasteiger partial charge is 0.193 e. The Morgan fingerprint density at radius 3 is 2.58 bits per heavy atom. The lowest BCUT2D eigenvalue weighted by Gasteiger charge is -2.37. The second-order valence-corrected chi connectivity index (χ2v) is 7.92. The van der Waals surface area contributed by atoms with Crippen molar-refractivity contribution in [1.82, 2.24) is 20.3 Å². The number of piperazine rings is 1. The van der Waals surface area contributed by atoms with Crippen LogP contribution in [0.5, 0.6) is 0 Å². The van der Waals surface area contributed by atoms with E-state index in [0.717, 1.165) is 50.9 Å². The van der Waals surface area contributed by atoms with Gasteiger partial charge in [0.25, 0.3) is 0 Å². The Balaban J connectivity index is 1.78. The third-order valence-electron chi connectivity index (χ3n) is 4.45. The number of hydrogen-bond acceptors (Lipinski definition) is 4. The summed E-state index contributed by atoms with van der Waals surface area (Å²) in [7, 11) is 1.87. The van der Waals surface area contributed by atoms with Gasteiger partial charge >= 0.3 is 0 Å². The third-order valence-corrected chi connectivity index (χ3v) is 4.45. The molecule has 1 aliphatic heterocycles. The molecule has 0 bridgehead atoms. The summed E-state index contributed by atoms with van der Waals surface area (Å²) < 4.78 is 4.91. The van der Waals surface area contributed by atoms with Gasteiger partial charge in [-0.15, -0.1) is 0 Å². The highest BCUT2D eigenvalue weighted by Gasteiger charge is 2.23. The molecule has 0 amide bonds. The molecular weight excluding hydrogens is 302 g/mol. The fraction of sp³-hybridized carbons (Fsp3) is 0.778. The van der Waals surface area contributed by atoms with E-state index in [9.17, 15) is 0 Å². The Kier molecular flexibility index (Phi) is 6.66. The van der Waals surface area contributed by atoms with E-state index in [-0.39, 0.29) is 5.41 Å². The maximum absolute atomic E-state index is 4.91. The Labute approximate surface area is 146 Å². The molecule has 0 aliphatic carbocycles. The second-order valence-electron chi connectivity index (χ2n) is 7.92. The zero-order chi connectivity index (χ0) is 17.6. The molecular formula is C18H33N5O.